The number of terminal acetylenes is 1. The van der Waals surface area contributed by atoms with Crippen molar-refractivity contribution in [3.05, 3.63) is 0 Å². The highest BCUT2D eigenvalue weighted by Gasteiger charge is 1.98. The summed E-state index contributed by atoms with van der Waals surface area (Å²) in [5, 5.41) is 8.73. The molecule has 0 spiro atoms. The first-order valence-corrected chi connectivity index (χ1v) is 2.55. The Labute approximate surface area is 54.5 Å². The quantitative estimate of drug-likeness (QED) is 0.327. The first-order valence-electron chi connectivity index (χ1n) is 2.19. The fourth-order valence-electron chi connectivity index (χ4n) is 0.281. The number of hydrogen-bond donors (Lipinski definition) is 2. The Balaban J connectivity index is 3.08. The van der Waals surface area contributed by atoms with Crippen LogP contribution in [0.15, 0.2) is 0 Å². The van der Waals surface area contributed by atoms with Gasteiger partial charge in [0.15, 0.2) is 0 Å². The molecule has 0 saturated carbocycles. The van der Waals surface area contributed by atoms with Crippen LogP contribution in [0.4, 0.5) is 0 Å². The molecular formula is C5H8O2S. The van der Waals surface area contributed by atoms with Crippen LogP contribution in [0.25, 0.3) is 0 Å². The van der Waals surface area contributed by atoms with Gasteiger partial charge in [-0.3, -0.25) is 0 Å². The normalized spacial score (nSPS) is 12.6. The van der Waals surface area contributed by atoms with Gasteiger partial charge in [0.25, 0.3) is 0 Å². The zero-order valence-electron chi connectivity index (χ0n) is 4.37. The molecule has 0 rings (SSSR count). The minimum atomic E-state index is -0.572. The van der Waals surface area contributed by atoms with Gasteiger partial charge in [-0.05, 0) is 12.9 Å². The molecule has 0 bridgehead atoms. The molecule has 1 N–H and O–H groups in total. The van der Waals surface area contributed by atoms with Gasteiger partial charge in [0, 0.05) is 6.42 Å². The Hall–Kier alpha value is -0.170. The molecule has 8 heavy (non-hydrogen) atoms. The summed E-state index contributed by atoms with van der Waals surface area (Å²) < 4.78 is 4.31. The summed E-state index contributed by atoms with van der Waals surface area (Å²) in [5.74, 6) is 2.29. The van der Waals surface area contributed by atoms with Crippen LogP contribution < -0.4 is 0 Å². The Morgan fingerprint density at radius 1 is 1.88 bits per heavy atom. The maximum atomic E-state index is 8.73. The smallest absolute Gasteiger partial charge is 0.0895 e. The van der Waals surface area contributed by atoms with Crippen LogP contribution in [-0.4, -0.2) is 17.8 Å². The van der Waals surface area contributed by atoms with Crippen molar-refractivity contribution in [2.75, 3.05) is 6.61 Å². The standard InChI is InChI=1S/C5H8O2S/c1-2-3-5(6)4-7-8/h1,5-6,8H,3-4H2/t5-/m0/s1. The lowest BCUT2D eigenvalue weighted by Gasteiger charge is -2.01. The third-order valence-corrected chi connectivity index (χ3v) is 0.769. The maximum absolute atomic E-state index is 8.73. The molecule has 0 aliphatic heterocycles. The molecule has 46 valence electrons. The van der Waals surface area contributed by atoms with Crippen molar-refractivity contribution in [3.63, 3.8) is 0 Å². The van der Waals surface area contributed by atoms with Gasteiger partial charge in [0.05, 0.1) is 12.7 Å². The monoisotopic (exact) mass is 132 g/mol. The second kappa shape index (κ2) is 4.98. The average molecular weight is 132 g/mol. The van der Waals surface area contributed by atoms with Crippen molar-refractivity contribution >= 4 is 12.9 Å². The number of aliphatic hydroxyl groups excluding tert-OH is 1. The van der Waals surface area contributed by atoms with Gasteiger partial charge in [0.1, 0.15) is 0 Å². The Morgan fingerprint density at radius 2 is 2.50 bits per heavy atom. The van der Waals surface area contributed by atoms with Gasteiger partial charge in [-0.15, -0.1) is 12.3 Å². The minimum Gasteiger partial charge on any atom is -0.390 e. The Morgan fingerprint density at radius 3 is 2.88 bits per heavy atom. The van der Waals surface area contributed by atoms with Crippen LogP contribution in [0.3, 0.4) is 0 Å². The Bertz CT molecular complexity index is 86.9. The van der Waals surface area contributed by atoms with Crippen LogP contribution in [0.1, 0.15) is 6.42 Å². The molecule has 0 aliphatic carbocycles. The van der Waals surface area contributed by atoms with Crippen molar-refractivity contribution in [1.29, 1.82) is 0 Å². The third kappa shape index (κ3) is 4.00. The summed E-state index contributed by atoms with van der Waals surface area (Å²) in [6.45, 7) is 0.188. The van der Waals surface area contributed by atoms with Crippen molar-refractivity contribution in [2.45, 2.75) is 12.5 Å². The number of rotatable bonds is 3. The molecule has 3 heteroatoms. The largest absolute Gasteiger partial charge is 0.390 e. The van der Waals surface area contributed by atoms with Crippen LogP contribution >= 0.6 is 12.9 Å². The highest BCUT2D eigenvalue weighted by molar-refractivity contribution is 7.75. The van der Waals surface area contributed by atoms with Crippen molar-refractivity contribution in [2.24, 2.45) is 0 Å². The molecular weight excluding hydrogens is 124 g/mol. The zero-order valence-corrected chi connectivity index (χ0v) is 5.27. The van der Waals surface area contributed by atoms with Crippen LogP contribution in [0.2, 0.25) is 0 Å². The van der Waals surface area contributed by atoms with E-state index in [1.165, 1.54) is 0 Å². The SMILES string of the molecule is C#CC[C@H](O)COS. The molecule has 0 aromatic carbocycles. The third-order valence-electron chi connectivity index (χ3n) is 0.620. The fraction of sp³-hybridized carbons (Fsp3) is 0.600. The first kappa shape index (κ1) is 7.83. The lowest BCUT2D eigenvalue weighted by atomic mass is 10.3. The summed E-state index contributed by atoms with van der Waals surface area (Å²) in [6, 6.07) is 0. The van der Waals surface area contributed by atoms with E-state index < -0.39 is 6.10 Å². The van der Waals surface area contributed by atoms with Gasteiger partial charge < -0.3 is 9.29 Å². The summed E-state index contributed by atoms with van der Waals surface area (Å²) in [4.78, 5) is 0. The average Bonchev–Trinajstić information content (AvgIpc) is 1.68. The van der Waals surface area contributed by atoms with E-state index in [1.807, 2.05) is 0 Å². The second-order valence-electron chi connectivity index (χ2n) is 1.36. The van der Waals surface area contributed by atoms with E-state index in [9.17, 15) is 0 Å². The summed E-state index contributed by atoms with van der Waals surface area (Å²) in [7, 11) is 0. The summed E-state index contributed by atoms with van der Waals surface area (Å²) in [6.07, 6.45) is 4.62. The molecule has 0 aromatic rings. The molecule has 0 aliphatic rings. The van der Waals surface area contributed by atoms with Gasteiger partial charge in [0.2, 0.25) is 0 Å². The van der Waals surface area contributed by atoms with Gasteiger partial charge in [-0.1, -0.05) is 0 Å². The zero-order chi connectivity index (χ0) is 6.41. The molecule has 0 heterocycles. The van der Waals surface area contributed by atoms with Crippen molar-refractivity contribution < 1.29 is 9.29 Å². The molecule has 0 amide bonds. The Kier molecular flexibility index (Phi) is 4.87. The van der Waals surface area contributed by atoms with E-state index in [0.717, 1.165) is 0 Å². The number of aliphatic hydroxyl groups is 1. The van der Waals surface area contributed by atoms with Gasteiger partial charge in [-0.25, -0.2) is 0 Å². The minimum absolute atomic E-state index is 0.188. The van der Waals surface area contributed by atoms with Gasteiger partial charge in [-0.2, -0.15) is 0 Å². The van der Waals surface area contributed by atoms with Crippen LogP contribution in [0, 0.1) is 12.3 Å². The predicted octanol–water partition coefficient (Wildman–Crippen LogP) is 0.232. The highest BCUT2D eigenvalue weighted by Crippen LogP contribution is 1.90. The van der Waals surface area contributed by atoms with Gasteiger partial charge >= 0.3 is 0 Å². The maximum Gasteiger partial charge on any atom is 0.0895 e. The molecule has 0 aromatic heterocycles. The predicted molar refractivity (Wildman–Crippen MR) is 34.4 cm³/mol. The lowest BCUT2D eigenvalue weighted by molar-refractivity contribution is 0.124. The molecule has 0 radical (unpaired) electrons. The van der Waals surface area contributed by atoms with E-state index >= 15 is 0 Å². The highest BCUT2D eigenvalue weighted by atomic mass is 32.1. The number of hydrogen-bond acceptors (Lipinski definition) is 3. The van der Waals surface area contributed by atoms with E-state index in [2.05, 4.69) is 23.0 Å². The first-order chi connectivity index (χ1) is 3.81. The van der Waals surface area contributed by atoms with E-state index in [4.69, 9.17) is 11.5 Å². The second-order valence-corrected chi connectivity index (χ2v) is 1.62. The molecule has 0 fully saturated rings. The number of thiol groups is 1. The van der Waals surface area contributed by atoms with E-state index in [0.29, 0.717) is 6.42 Å². The van der Waals surface area contributed by atoms with Crippen LogP contribution in [0.5, 0.6) is 0 Å². The van der Waals surface area contributed by atoms with Crippen LogP contribution in [-0.2, 0) is 4.18 Å². The summed E-state index contributed by atoms with van der Waals surface area (Å²) >= 11 is 3.42. The van der Waals surface area contributed by atoms with E-state index in [-0.39, 0.29) is 6.61 Å². The topological polar surface area (TPSA) is 29.5 Å². The lowest BCUT2D eigenvalue weighted by Crippen LogP contribution is -2.10. The van der Waals surface area contributed by atoms with E-state index in [1.54, 1.807) is 0 Å². The molecule has 1 atom stereocenters. The summed E-state index contributed by atoms with van der Waals surface area (Å²) in [5.41, 5.74) is 0. The molecule has 2 nitrogen and oxygen atoms in total. The molecule has 0 saturated heterocycles. The molecule has 0 unspecified atom stereocenters. The van der Waals surface area contributed by atoms with Crippen molar-refractivity contribution in [1.82, 2.24) is 0 Å². The fourth-order valence-corrected chi connectivity index (χ4v) is 0.453. The van der Waals surface area contributed by atoms with Crippen molar-refractivity contribution in [3.8, 4) is 12.3 Å².